The van der Waals surface area contributed by atoms with Gasteiger partial charge in [0.25, 0.3) is 0 Å². The van der Waals surface area contributed by atoms with Crippen LogP contribution in [-0.4, -0.2) is 28.9 Å². The first kappa shape index (κ1) is 34.7. The third kappa shape index (κ3) is 6.20. The number of nitrogens with zero attached hydrogens (tertiary/aromatic N) is 4. The molecule has 3 aliphatic carbocycles. The van der Waals surface area contributed by atoms with Crippen molar-refractivity contribution in [2.24, 2.45) is 15.7 Å². The van der Waals surface area contributed by atoms with Crippen LogP contribution in [0.4, 0.5) is 5.69 Å². The highest BCUT2D eigenvalue weighted by atomic mass is 15.2. The third-order valence-corrected chi connectivity index (χ3v) is 11.8. The summed E-state index contributed by atoms with van der Waals surface area (Å²) in [5.74, 6) is 1.08. The quantitative estimate of drug-likeness (QED) is 0.145. The van der Waals surface area contributed by atoms with Gasteiger partial charge in [-0.3, -0.25) is 9.56 Å². The Morgan fingerprint density at radius 2 is 1.60 bits per heavy atom. The topological polar surface area (TPSA) is 58.9 Å². The molecule has 0 bridgehead atoms. The van der Waals surface area contributed by atoms with E-state index in [4.69, 9.17) is 22.3 Å². The number of hydrogen-bond donors (Lipinski definition) is 1. The number of aliphatic imine (C=N–C) groups is 2. The van der Waals surface area contributed by atoms with E-state index in [-0.39, 0.29) is 6.04 Å². The Labute approximate surface area is 333 Å². The Hall–Kier alpha value is -6.72. The largest absolute Gasteiger partial charge is 0.369 e. The summed E-state index contributed by atoms with van der Waals surface area (Å²) < 4.78 is 2.25. The van der Waals surface area contributed by atoms with E-state index in [0.29, 0.717) is 24.9 Å². The van der Waals surface area contributed by atoms with E-state index < -0.39 is 0 Å². The number of fused-ring (bicyclic) bond motifs is 11. The number of nitrogens with two attached hydrogens (primary N) is 1. The lowest BCUT2D eigenvalue weighted by Gasteiger charge is -2.36. The number of rotatable bonds is 4. The van der Waals surface area contributed by atoms with Gasteiger partial charge in [-0.05, 0) is 76.1 Å². The van der Waals surface area contributed by atoms with Crippen molar-refractivity contribution in [3.05, 3.63) is 186 Å². The van der Waals surface area contributed by atoms with Gasteiger partial charge in [-0.15, -0.1) is 0 Å². The molecule has 57 heavy (non-hydrogen) atoms. The van der Waals surface area contributed by atoms with Gasteiger partial charge in [0.2, 0.25) is 5.96 Å². The van der Waals surface area contributed by atoms with Crippen molar-refractivity contribution in [3.63, 3.8) is 0 Å². The number of hydrogen-bond acceptors (Lipinski definition) is 2. The maximum atomic E-state index is 7.57. The molecule has 0 fully saturated rings. The van der Waals surface area contributed by atoms with Crippen LogP contribution < -0.4 is 10.6 Å². The Kier molecular flexibility index (Phi) is 8.99. The van der Waals surface area contributed by atoms with Crippen LogP contribution in [0.2, 0.25) is 0 Å². The molecule has 0 saturated heterocycles. The second kappa shape index (κ2) is 14.7. The average Bonchev–Trinajstić information content (AvgIpc) is 3.65. The fraction of sp³-hybridized carbons (Fsp3) is 0.154. The SMILES string of the molecule is C=C1/C=C\c2ccccc2CN(C2C=CC=CC2)c2c1c1ccccc1c1c3ccc4ccccc4c3n(/C(N)=N/C(=N\CC3=CCCC=C3)C3=CC=CCC3)c21. The summed E-state index contributed by atoms with van der Waals surface area (Å²) in [6, 6.07) is 30.8. The van der Waals surface area contributed by atoms with Crippen LogP contribution >= 0.6 is 0 Å². The van der Waals surface area contributed by atoms with E-state index in [2.05, 4.69) is 167 Å². The summed E-state index contributed by atoms with van der Waals surface area (Å²) in [4.78, 5) is 13.2. The second-order valence-corrected chi connectivity index (χ2v) is 15.3. The predicted molar refractivity (Wildman–Crippen MR) is 244 cm³/mol. The lowest BCUT2D eigenvalue weighted by molar-refractivity contribution is 0.686. The molecular formula is C52H45N5. The molecular weight excluding hydrogens is 695 g/mol. The van der Waals surface area contributed by atoms with Crippen molar-refractivity contribution < 1.29 is 0 Å². The van der Waals surface area contributed by atoms with Gasteiger partial charge in [0.15, 0.2) is 5.84 Å². The zero-order chi connectivity index (χ0) is 38.3. The number of allylic oxidation sites excluding steroid dienone is 9. The van der Waals surface area contributed by atoms with Crippen molar-refractivity contribution in [1.82, 2.24) is 4.57 Å². The maximum absolute atomic E-state index is 7.57. The zero-order valence-corrected chi connectivity index (χ0v) is 32.1. The Morgan fingerprint density at radius 1 is 0.754 bits per heavy atom. The molecule has 0 saturated carbocycles. The number of amidine groups is 1. The van der Waals surface area contributed by atoms with E-state index in [1.165, 1.54) is 22.1 Å². The lowest BCUT2D eigenvalue weighted by Crippen LogP contribution is -2.35. The van der Waals surface area contributed by atoms with Gasteiger partial charge in [-0.25, -0.2) is 0 Å². The molecule has 5 aromatic carbocycles. The molecule has 5 heteroatoms. The van der Waals surface area contributed by atoms with Gasteiger partial charge >= 0.3 is 0 Å². The van der Waals surface area contributed by atoms with Crippen LogP contribution in [0.3, 0.4) is 0 Å². The van der Waals surface area contributed by atoms with Gasteiger partial charge in [0, 0.05) is 28.3 Å². The molecule has 1 unspecified atom stereocenters. The lowest BCUT2D eigenvalue weighted by atomic mass is 9.91. The number of benzene rings is 5. The maximum Gasteiger partial charge on any atom is 0.207 e. The summed E-state index contributed by atoms with van der Waals surface area (Å²) in [6.45, 7) is 6.06. The van der Waals surface area contributed by atoms with Crippen molar-refractivity contribution in [2.75, 3.05) is 11.4 Å². The van der Waals surface area contributed by atoms with E-state index in [0.717, 1.165) is 92.5 Å². The fourth-order valence-electron chi connectivity index (χ4n) is 9.11. The van der Waals surface area contributed by atoms with Gasteiger partial charge in [0.05, 0.1) is 29.3 Å². The van der Waals surface area contributed by atoms with Crippen LogP contribution in [0.1, 0.15) is 48.8 Å². The molecule has 278 valence electrons. The molecule has 1 atom stereocenters. The van der Waals surface area contributed by atoms with E-state index in [1.807, 2.05) is 0 Å². The number of anilines is 1. The second-order valence-electron chi connectivity index (χ2n) is 15.3. The van der Waals surface area contributed by atoms with E-state index in [9.17, 15) is 0 Å². The zero-order valence-electron chi connectivity index (χ0n) is 32.1. The first-order valence-electron chi connectivity index (χ1n) is 20.2. The van der Waals surface area contributed by atoms with Crippen LogP contribution in [0, 0.1) is 0 Å². The molecule has 2 heterocycles. The van der Waals surface area contributed by atoms with Crippen LogP contribution in [0.5, 0.6) is 0 Å². The fourth-order valence-corrected chi connectivity index (χ4v) is 9.11. The Balaban J connectivity index is 1.35. The average molecular weight is 740 g/mol. The van der Waals surface area contributed by atoms with Gasteiger partial charge < -0.3 is 10.6 Å². The van der Waals surface area contributed by atoms with Crippen molar-refractivity contribution in [3.8, 4) is 0 Å². The standard InChI is InChI=1S/C52H45N5/c1-35-29-30-37-19-11-12-23-40(37)34-56(41-24-9-4-10-25-41)49-46(35)43-27-15-16-28-44(43)47-45-32-31-38-20-13-14-26-42(38)48(45)57(50(47)49)52(53)55-51(39-21-7-3-8-22-39)54-33-36-17-5-2-6-18-36/h3-5,7,9-21,23-24,26-32,41H,1-2,6,8,22,25,33-34H2,(H2,53,54,55)/b30-29-. The van der Waals surface area contributed by atoms with Crippen LogP contribution in [0.25, 0.3) is 55.0 Å². The summed E-state index contributed by atoms with van der Waals surface area (Å²) in [6.07, 6.45) is 31.3. The highest BCUT2D eigenvalue weighted by Gasteiger charge is 2.31. The third-order valence-electron chi connectivity index (χ3n) is 11.8. The molecule has 0 spiro atoms. The minimum atomic E-state index is 0.0894. The first-order valence-corrected chi connectivity index (χ1v) is 20.2. The molecule has 0 amide bonds. The first-order chi connectivity index (χ1) is 28.1. The molecule has 1 aromatic heterocycles. The van der Waals surface area contributed by atoms with Gasteiger partial charge in [0.1, 0.15) is 0 Å². The van der Waals surface area contributed by atoms with Gasteiger partial charge in [-0.2, -0.15) is 4.99 Å². The minimum absolute atomic E-state index is 0.0894. The molecule has 5 nitrogen and oxygen atoms in total. The highest BCUT2D eigenvalue weighted by Crippen LogP contribution is 2.49. The molecule has 6 aromatic rings. The summed E-state index contributed by atoms with van der Waals surface area (Å²) in [7, 11) is 0. The highest BCUT2D eigenvalue weighted by molar-refractivity contribution is 6.33. The van der Waals surface area contributed by atoms with Crippen LogP contribution in [0.15, 0.2) is 179 Å². The molecule has 4 aliphatic rings. The van der Waals surface area contributed by atoms with Crippen molar-refractivity contribution in [1.29, 1.82) is 0 Å². The molecule has 2 N–H and O–H groups in total. The molecule has 1 aliphatic heterocycles. The van der Waals surface area contributed by atoms with Crippen molar-refractivity contribution >= 4 is 72.5 Å². The molecule has 10 rings (SSSR count). The Morgan fingerprint density at radius 3 is 2.42 bits per heavy atom. The van der Waals surface area contributed by atoms with Crippen LogP contribution in [-0.2, 0) is 6.54 Å². The summed E-state index contributed by atoms with van der Waals surface area (Å²) in [5, 5.41) is 6.89. The normalized spacial score (nSPS) is 19.1. The predicted octanol–water partition coefficient (Wildman–Crippen LogP) is 12.1. The van der Waals surface area contributed by atoms with E-state index in [1.54, 1.807) is 0 Å². The van der Waals surface area contributed by atoms with Gasteiger partial charge in [-0.1, -0.05) is 164 Å². The summed E-state index contributed by atoms with van der Waals surface area (Å²) in [5.41, 5.74) is 17.6. The smallest absolute Gasteiger partial charge is 0.207 e. The number of aromatic nitrogens is 1. The minimum Gasteiger partial charge on any atom is -0.369 e. The monoisotopic (exact) mass is 739 g/mol. The van der Waals surface area contributed by atoms with Crippen molar-refractivity contribution in [2.45, 2.75) is 44.7 Å². The van der Waals surface area contributed by atoms with E-state index >= 15 is 0 Å². The molecule has 0 radical (unpaired) electrons. The summed E-state index contributed by atoms with van der Waals surface area (Å²) >= 11 is 0. The Bertz CT molecular complexity index is 2920.